The van der Waals surface area contributed by atoms with E-state index in [1.54, 1.807) is 6.07 Å². The molecule has 2 N–H and O–H groups in total. The molecule has 0 atom stereocenters. The van der Waals surface area contributed by atoms with Gasteiger partial charge in [-0.15, -0.1) is 12.4 Å². The average Bonchev–Trinajstić information content (AvgIpc) is 2.19. The van der Waals surface area contributed by atoms with Crippen LogP contribution in [0.15, 0.2) is 30.3 Å². The van der Waals surface area contributed by atoms with E-state index >= 15 is 0 Å². The second-order valence-corrected chi connectivity index (χ2v) is 3.23. The molecule has 0 radical (unpaired) electrons. The number of hydrogen-bond donors (Lipinski definition) is 2. The summed E-state index contributed by atoms with van der Waals surface area (Å²) in [5, 5.41) is 12.6. The van der Waals surface area contributed by atoms with E-state index < -0.39 is 0 Å². The molecule has 0 aliphatic carbocycles. The molecule has 1 aromatic rings. The number of phenolic OH excluding ortho intramolecular Hbond substituents is 1. The molecule has 0 saturated carbocycles. The number of aromatic hydroxyl groups is 1. The van der Waals surface area contributed by atoms with Crippen molar-refractivity contribution < 1.29 is 5.11 Å². The van der Waals surface area contributed by atoms with Crippen molar-refractivity contribution in [2.24, 2.45) is 0 Å². The van der Waals surface area contributed by atoms with Crippen molar-refractivity contribution in [1.29, 1.82) is 0 Å². The third-order valence-corrected chi connectivity index (χ3v) is 2.28. The molecule has 0 spiro atoms. The van der Waals surface area contributed by atoms with Gasteiger partial charge in [-0.3, -0.25) is 0 Å². The van der Waals surface area contributed by atoms with Crippen LogP contribution < -0.4 is 5.32 Å². The summed E-state index contributed by atoms with van der Waals surface area (Å²) in [4.78, 5) is 0. The zero-order chi connectivity index (χ0) is 9.10. The molecule has 0 bridgehead atoms. The Kier molecular flexibility index (Phi) is 3.98. The van der Waals surface area contributed by atoms with Crippen molar-refractivity contribution in [3.8, 4) is 5.75 Å². The summed E-state index contributed by atoms with van der Waals surface area (Å²) in [7, 11) is 0. The van der Waals surface area contributed by atoms with Gasteiger partial charge in [0.1, 0.15) is 5.75 Å². The van der Waals surface area contributed by atoms with Gasteiger partial charge in [-0.1, -0.05) is 18.2 Å². The highest BCUT2D eigenvalue weighted by molar-refractivity contribution is 5.85. The zero-order valence-corrected chi connectivity index (χ0v) is 8.68. The first-order chi connectivity index (χ1) is 6.36. The van der Waals surface area contributed by atoms with Crippen molar-refractivity contribution >= 4 is 18.0 Å². The van der Waals surface area contributed by atoms with E-state index in [4.69, 9.17) is 0 Å². The largest absolute Gasteiger partial charge is 0.508 e. The summed E-state index contributed by atoms with van der Waals surface area (Å²) in [6.45, 7) is 1.96. The number of benzene rings is 1. The molecule has 0 aromatic heterocycles. The molecule has 1 aliphatic rings. The number of halogens is 1. The van der Waals surface area contributed by atoms with Crippen LogP contribution in [0.1, 0.15) is 12.0 Å². The van der Waals surface area contributed by atoms with E-state index in [2.05, 4.69) is 11.4 Å². The summed E-state index contributed by atoms with van der Waals surface area (Å²) in [5.41, 5.74) is 2.47. The molecule has 2 rings (SSSR count). The molecule has 2 nitrogen and oxygen atoms in total. The van der Waals surface area contributed by atoms with Gasteiger partial charge in [0.05, 0.1) is 0 Å². The van der Waals surface area contributed by atoms with E-state index in [1.807, 2.05) is 18.2 Å². The monoisotopic (exact) mass is 211 g/mol. The Balaban J connectivity index is 0.000000980. The molecule has 1 heterocycles. The zero-order valence-electron chi connectivity index (χ0n) is 7.86. The summed E-state index contributed by atoms with van der Waals surface area (Å²) in [5.74, 6) is 0.344. The second-order valence-electron chi connectivity index (χ2n) is 3.23. The summed E-state index contributed by atoms with van der Waals surface area (Å²) < 4.78 is 0. The van der Waals surface area contributed by atoms with Crippen LogP contribution in [0.25, 0.3) is 5.57 Å². The lowest BCUT2D eigenvalue weighted by Gasteiger charge is -2.14. The number of rotatable bonds is 1. The van der Waals surface area contributed by atoms with Gasteiger partial charge >= 0.3 is 0 Å². The van der Waals surface area contributed by atoms with Crippen molar-refractivity contribution in [3.63, 3.8) is 0 Å². The maximum absolute atomic E-state index is 9.30. The van der Waals surface area contributed by atoms with Gasteiger partial charge < -0.3 is 10.4 Å². The fourth-order valence-corrected chi connectivity index (χ4v) is 1.59. The standard InChI is InChI=1S/C11H13NO.ClH/c13-11-3-1-2-10(8-11)9-4-6-12-7-5-9;/h1-4,8,12-13H,5-7H2;1H. The third kappa shape index (κ3) is 2.50. The Morgan fingerprint density at radius 3 is 2.79 bits per heavy atom. The fraction of sp³-hybridized carbons (Fsp3) is 0.273. The predicted octanol–water partition coefficient (Wildman–Crippen LogP) is 2.19. The first-order valence-corrected chi connectivity index (χ1v) is 4.55. The quantitative estimate of drug-likeness (QED) is 0.747. The fourth-order valence-electron chi connectivity index (χ4n) is 1.59. The van der Waals surface area contributed by atoms with Crippen LogP contribution in [0.5, 0.6) is 5.75 Å². The summed E-state index contributed by atoms with van der Waals surface area (Å²) in [6.07, 6.45) is 3.22. The Labute approximate surface area is 90.1 Å². The molecule has 0 amide bonds. The topological polar surface area (TPSA) is 32.3 Å². The number of hydrogen-bond acceptors (Lipinski definition) is 2. The smallest absolute Gasteiger partial charge is 0.116 e. The van der Waals surface area contributed by atoms with Gasteiger partial charge in [0.25, 0.3) is 0 Å². The summed E-state index contributed by atoms with van der Waals surface area (Å²) >= 11 is 0. The normalized spacial score (nSPS) is 15.6. The molecular formula is C11H14ClNO. The van der Waals surface area contributed by atoms with Crippen molar-refractivity contribution in [2.45, 2.75) is 6.42 Å². The maximum Gasteiger partial charge on any atom is 0.116 e. The second kappa shape index (κ2) is 5.03. The summed E-state index contributed by atoms with van der Waals surface area (Å²) in [6, 6.07) is 7.44. The minimum Gasteiger partial charge on any atom is -0.508 e. The predicted molar refractivity (Wildman–Crippen MR) is 60.8 cm³/mol. The number of phenols is 1. The first-order valence-electron chi connectivity index (χ1n) is 4.55. The van der Waals surface area contributed by atoms with Crippen LogP contribution in [0.2, 0.25) is 0 Å². The van der Waals surface area contributed by atoms with E-state index in [-0.39, 0.29) is 12.4 Å². The van der Waals surface area contributed by atoms with Crippen LogP contribution in [-0.2, 0) is 0 Å². The van der Waals surface area contributed by atoms with Gasteiger partial charge in [-0.25, -0.2) is 0 Å². The Morgan fingerprint density at radius 2 is 2.14 bits per heavy atom. The highest BCUT2D eigenvalue weighted by Gasteiger charge is 2.05. The van der Waals surface area contributed by atoms with Crippen LogP contribution in [-0.4, -0.2) is 18.2 Å². The van der Waals surface area contributed by atoms with Crippen LogP contribution in [0, 0.1) is 0 Å². The molecule has 1 aromatic carbocycles. The molecule has 3 heteroatoms. The molecular weight excluding hydrogens is 198 g/mol. The van der Waals surface area contributed by atoms with Gasteiger partial charge in [-0.2, -0.15) is 0 Å². The van der Waals surface area contributed by atoms with Gasteiger partial charge in [-0.05, 0) is 36.2 Å². The highest BCUT2D eigenvalue weighted by atomic mass is 35.5. The van der Waals surface area contributed by atoms with E-state index in [0.29, 0.717) is 5.75 Å². The van der Waals surface area contributed by atoms with E-state index in [0.717, 1.165) is 25.1 Å². The Morgan fingerprint density at radius 1 is 1.29 bits per heavy atom. The van der Waals surface area contributed by atoms with Crippen molar-refractivity contribution in [2.75, 3.05) is 13.1 Å². The van der Waals surface area contributed by atoms with Crippen LogP contribution in [0.3, 0.4) is 0 Å². The molecule has 0 fully saturated rings. The van der Waals surface area contributed by atoms with Gasteiger partial charge in [0.15, 0.2) is 0 Å². The van der Waals surface area contributed by atoms with Crippen LogP contribution >= 0.6 is 12.4 Å². The average molecular weight is 212 g/mol. The van der Waals surface area contributed by atoms with Gasteiger partial charge in [0.2, 0.25) is 0 Å². The van der Waals surface area contributed by atoms with Crippen molar-refractivity contribution in [1.82, 2.24) is 5.32 Å². The minimum absolute atomic E-state index is 0. The molecule has 0 saturated heterocycles. The molecule has 14 heavy (non-hydrogen) atoms. The lowest BCUT2D eigenvalue weighted by molar-refractivity contribution is 0.475. The third-order valence-electron chi connectivity index (χ3n) is 2.28. The Hall–Kier alpha value is -0.990. The Bertz CT molecular complexity index is 336. The molecule has 1 aliphatic heterocycles. The first kappa shape index (κ1) is 11.1. The lowest BCUT2D eigenvalue weighted by Crippen LogP contribution is -2.19. The lowest BCUT2D eigenvalue weighted by atomic mass is 10.0. The maximum atomic E-state index is 9.30. The molecule has 76 valence electrons. The van der Waals surface area contributed by atoms with Gasteiger partial charge in [0, 0.05) is 6.54 Å². The molecule has 0 unspecified atom stereocenters. The SMILES string of the molecule is Cl.Oc1cccc(C2=CCNCC2)c1. The minimum atomic E-state index is 0. The van der Waals surface area contributed by atoms with E-state index in [9.17, 15) is 5.11 Å². The van der Waals surface area contributed by atoms with E-state index in [1.165, 1.54) is 5.57 Å². The number of nitrogens with one attached hydrogen (secondary N) is 1. The van der Waals surface area contributed by atoms with Crippen molar-refractivity contribution in [3.05, 3.63) is 35.9 Å². The van der Waals surface area contributed by atoms with Crippen LogP contribution in [0.4, 0.5) is 0 Å². The highest BCUT2D eigenvalue weighted by Crippen LogP contribution is 2.22.